The van der Waals surface area contributed by atoms with Crippen molar-refractivity contribution in [2.24, 2.45) is 29.6 Å². The Morgan fingerprint density at radius 3 is 2.53 bits per heavy atom. The molecular weight excluding hydrogens is 382 g/mol. The van der Waals surface area contributed by atoms with Crippen molar-refractivity contribution in [1.82, 2.24) is 9.88 Å². The first-order valence-electron chi connectivity index (χ1n) is 11.0. The van der Waals surface area contributed by atoms with Crippen molar-refractivity contribution in [2.75, 3.05) is 34.9 Å². The Morgan fingerprint density at radius 1 is 1.10 bits per heavy atom. The number of esters is 1. The molecule has 4 rings (SSSR count). The molecule has 164 valence electrons. The highest BCUT2D eigenvalue weighted by molar-refractivity contribution is 5.73. The number of aromatic nitrogens is 1. The number of carbonyl (C=O) groups is 2. The summed E-state index contributed by atoms with van der Waals surface area (Å²) in [6.45, 7) is 0.766. The second-order valence-electron chi connectivity index (χ2n) is 10.3. The highest BCUT2D eigenvalue weighted by atomic mass is 16.6. The van der Waals surface area contributed by atoms with Gasteiger partial charge in [0.05, 0.1) is 20.0 Å². The predicted molar refractivity (Wildman–Crippen MR) is 111 cm³/mol. The third kappa shape index (κ3) is 4.46. The first kappa shape index (κ1) is 21.1. The Balaban J connectivity index is 1.35. The Bertz CT molecular complexity index is 807. The maximum Gasteiger partial charge on any atom is 0.414 e. The average Bonchev–Trinajstić information content (AvgIpc) is 2.89. The van der Waals surface area contributed by atoms with Gasteiger partial charge in [0.1, 0.15) is 12.2 Å². The minimum atomic E-state index is -0.442. The summed E-state index contributed by atoms with van der Waals surface area (Å²) in [7, 11) is 7.27. The third-order valence-electron chi connectivity index (χ3n) is 7.15. The zero-order chi connectivity index (χ0) is 21.5. The molecule has 1 heterocycles. The molecular formula is C23H34N3O4+. The van der Waals surface area contributed by atoms with Gasteiger partial charge < -0.3 is 14.4 Å². The zero-order valence-corrected chi connectivity index (χ0v) is 18.5. The number of amides is 1. The van der Waals surface area contributed by atoms with Gasteiger partial charge in [0.2, 0.25) is 6.73 Å². The van der Waals surface area contributed by atoms with Gasteiger partial charge in [0.25, 0.3) is 0 Å². The topological polar surface area (TPSA) is 68.7 Å². The lowest BCUT2D eigenvalue weighted by atomic mass is 9.67. The number of pyridine rings is 1. The summed E-state index contributed by atoms with van der Waals surface area (Å²) in [5, 5.41) is 0. The minimum Gasteiger partial charge on any atom is -0.415 e. The number of rotatable bonds is 6. The van der Waals surface area contributed by atoms with E-state index in [2.05, 4.69) is 4.98 Å². The number of fused-ring (bicyclic) bond motifs is 2. The molecule has 0 N–H and O–H groups in total. The van der Waals surface area contributed by atoms with Crippen molar-refractivity contribution in [3.63, 3.8) is 0 Å². The van der Waals surface area contributed by atoms with Gasteiger partial charge in [0, 0.05) is 20.3 Å². The van der Waals surface area contributed by atoms with Gasteiger partial charge >= 0.3 is 12.1 Å². The number of ether oxygens (including phenoxy) is 2. The minimum absolute atomic E-state index is 0.0301. The summed E-state index contributed by atoms with van der Waals surface area (Å²) in [5.74, 6) is 3.43. The van der Waals surface area contributed by atoms with Crippen molar-refractivity contribution in [3.8, 4) is 5.75 Å². The normalized spacial score (nSPS) is 29.5. The summed E-state index contributed by atoms with van der Waals surface area (Å²) in [4.78, 5) is 30.6. The molecule has 1 amide bonds. The van der Waals surface area contributed by atoms with Crippen molar-refractivity contribution < 1.29 is 23.5 Å². The van der Waals surface area contributed by atoms with E-state index in [1.807, 2.05) is 14.1 Å². The Hall–Kier alpha value is -2.15. The number of nitrogens with zero attached hydrogens (tertiary/aromatic N) is 3. The molecule has 3 bridgehead atoms. The molecule has 3 aliphatic carbocycles. The van der Waals surface area contributed by atoms with Crippen LogP contribution >= 0.6 is 0 Å². The van der Waals surface area contributed by atoms with Crippen molar-refractivity contribution in [2.45, 2.75) is 38.6 Å². The lowest BCUT2D eigenvalue weighted by molar-refractivity contribution is -0.920. The van der Waals surface area contributed by atoms with Gasteiger partial charge in [0.15, 0.2) is 5.75 Å². The van der Waals surface area contributed by atoms with Gasteiger partial charge in [-0.3, -0.25) is 14.3 Å². The van der Waals surface area contributed by atoms with Crippen LogP contribution < -0.4 is 4.74 Å². The number of hydrogen-bond acceptors (Lipinski definition) is 5. The largest absolute Gasteiger partial charge is 0.415 e. The first-order chi connectivity index (χ1) is 14.2. The molecule has 0 spiro atoms. The van der Waals surface area contributed by atoms with E-state index in [0.29, 0.717) is 28.4 Å². The van der Waals surface area contributed by atoms with Crippen LogP contribution in [0.3, 0.4) is 0 Å². The Kier molecular flexibility index (Phi) is 5.75. The van der Waals surface area contributed by atoms with E-state index in [4.69, 9.17) is 9.47 Å². The number of quaternary nitrogens is 1. The SMILES string of the molecule is CN(C)C(=O)Oc1cccnc1C[N+](C)(C)COC(=O)[C@@H]1C[C@H]2C[C@@H]3C[C@@H]2C[C@@H]1C3. The third-order valence-corrected chi connectivity index (χ3v) is 7.15. The summed E-state index contributed by atoms with van der Waals surface area (Å²) in [5.41, 5.74) is 0.669. The Labute approximate surface area is 178 Å². The highest BCUT2D eigenvalue weighted by Gasteiger charge is 2.50. The van der Waals surface area contributed by atoms with Gasteiger partial charge in [-0.05, 0) is 67.9 Å². The maximum absolute atomic E-state index is 12.9. The van der Waals surface area contributed by atoms with Crippen LogP contribution in [0.5, 0.6) is 5.75 Å². The summed E-state index contributed by atoms with van der Waals surface area (Å²) in [6.07, 6.45) is 7.39. The van der Waals surface area contributed by atoms with Crippen LogP contribution in [-0.4, -0.2) is 61.4 Å². The van der Waals surface area contributed by atoms with Crippen molar-refractivity contribution in [3.05, 3.63) is 24.0 Å². The van der Waals surface area contributed by atoms with Crippen molar-refractivity contribution >= 4 is 12.1 Å². The van der Waals surface area contributed by atoms with Gasteiger partial charge in [-0.1, -0.05) is 0 Å². The second kappa shape index (κ2) is 8.17. The van der Waals surface area contributed by atoms with E-state index < -0.39 is 6.09 Å². The molecule has 0 unspecified atom stereocenters. The quantitative estimate of drug-likeness (QED) is 0.404. The van der Waals surface area contributed by atoms with E-state index in [1.165, 1.54) is 30.6 Å². The van der Waals surface area contributed by atoms with Gasteiger partial charge in [-0.25, -0.2) is 4.79 Å². The average molecular weight is 417 g/mol. The van der Waals surface area contributed by atoms with E-state index >= 15 is 0 Å². The number of hydrogen-bond donors (Lipinski definition) is 0. The fourth-order valence-electron chi connectivity index (χ4n) is 5.77. The fourth-order valence-corrected chi connectivity index (χ4v) is 5.77. The molecule has 3 fully saturated rings. The molecule has 30 heavy (non-hydrogen) atoms. The molecule has 0 radical (unpaired) electrons. The molecule has 0 saturated heterocycles. The van der Waals surface area contributed by atoms with Crippen LogP contribution in [0.4, 0.5) is 4.79 Å². The van der Waals surface area contributed by atoms with E-state index in [9.17, 15) is 9.59 Å². The summed E-state index contributed by atoms with van der Waals surface area (Å²) < 4.78 is 11.7. The van der Waals surface area contributed by atoms with E-state index in [1.54, 1.807) is 32.4 Å². The second-order valence-corrected chi connectivity index (χ2v) is 10.3. The van der Waals surface area contributed by atoms with Crippen LogP contribution in [0, 0.1) is 29.6 Å². The monoisotopic (exact) mass is 416 g/mol. The molecule has 7 nitrogen and oxygen atoms in total. The van der Waals surface area contributed by atoms with Gasteiger partial charge in [-0.2, -0.15) is 0 Å². The maximum atomic E-state index is 12.9. The molecule has 0 aromatic carbocycles. The molecule has 1 aromatic rings. The molecule has 7 heteroatoms. The summed E-state index contributed by atoms with van der Waals surface area (Å²) in [6, 6.07) is 3.48. The molecule has 3 saturated carbocycles. The molecule has 3 aliphatic rings. The lowest BCUT2D eigenvalue weighted by Gasteiger charge is -2.39. The van der Waals surface area contributed by atoms with Crippen LogP contribution in [0.15, 0.2) is 18.3 Å². The number of carbonyl (C=O) groups excluding carboxylic acids is 2. The Morgan fingerprint density at radius 2 is 1.80 bits per heavy atom. The van der Waals surface area contributed by atoms with Crippen LogP contribution in [-0.2, 0) is 16.1 Å². The fraction of sp³-hybridized carbons (Fsp3) is 0.696. The lowest BCUT2D eigenvalue weighted by Crippen LogP contribution is -2.44. The standard InChI is InChI=1S/C23H34N3O4/c1-25(2)23(28)30-21-6-5-7-24-20(21)13-26(3,4)14-29-22(27)19-12-17-9-15-8-16(17)11-18(19)10-15/h5-7,15-19H,8-14H2,1-4H3/q+1/t15-,16+,17+,18-,19+/m0/s1. The molecule has 0 aliphatic heterocycles. The van der Waals surface area contributed by atoms with Crippen LogP contribution in [0.2, 0.25) is 0 Å². The van der Waals surface area contributed by atoms with Gasteiger partial charge in [-0.15, -0.1) is 0 Å². The highest BCUT2D eigenvalue weighted by Crippen LogP contribution is 2.57. The predicted octanol–water partition coefficient (Wildman–Crippen LogP) is 3.29. The van der Waals surface area contributed by atoms with Crippen molar-refractivity contribution in [1.29, 1.82) is 0 Å². The zero-order valence-electron chi connectivity index (χ0n) is 18.5. The first-order valence-corrected chi connectivity index (χ1v) is 11.0. The van der Waals surface area contributed by atoms with E-state index in [-0.39, 0.29) is 18.6 Å². The van der Waals surface area contributed by atoms with Crippen LogP contribution in [0.1, 0.15) is 37.8 Å². The summed E-state index contributed by atoms with van der Waals surface area (Å²) >= 11 is 0. The molecule has 1 aromatic heterocycles. The molecule has 5 atom stereocenters. The smallest absolute Gasteiger partial charge is 0.414 e. The van der Waals surface area contributed by atoms with E-state index in [0.717, 1.165) is 24.2 Å². The van der Waals surface area contributed by atoms with Crippen LogP contribution in [0.25, 0.3) is 0 Å².